The van der Waals surface area contributed by atoms with Gasteiger partial charge < -0.3 is 10.9 Å². The van der Waals surface area contributed by atoms with Crippen LogP contribution in [0.1, 0.15) is 37.8 Å². The van der Waals surface area contributed by atoms with Crippen LogP contribution >= 0.6 is 0 Å². The maximum atomic E-state index is 14.1. The summed E-state index contributed by atoms with van der Waals surface area (Å²) in [5, 5.41) is 11.5. The monoisotopic (exact) mass is 279 g/mol. The zero-order valence-electron chi connectivity index (χ0n) is 12.0. The maximum Gasteiger partial charge on any atom is 0.170 e. The molecule has 2 unspecified atom stereocenters. The molecule has 3 N–H and O–H groups in total. The van der Waals surface area contributed by atoms with E-state index in [1.165, 1.54) is 12.5 Å². The summed E-state index contributed by atoms with van der Waals surface area (Å²) >= 11 is 0. The topological polar surface area (TPSA) is 61.8 Å². The fourth-order valence-corrected chi connectivity index (χ4v) is 2.76. The minimum absolute atomic E-state index is 0.0737. The van der Waals surface area contributed by atoms with Gasteiger partial charge in [-0.15, -0.1) is 0 Å². The molecule has 110 valence electrons. The van der Waals surface area contributed by atoms with Gasteiger partial charge >= 0.3 is 0 Å². The Morgan fingerprint density at radius 3 is 2.90 bits per heavy atom. The molecular formula is C15H22FN3O. The summed E-state index contributed by atoms with van der Waals surface area (Å²) in [6.45, 7) is 6.06. The van der Waals surface area contributed by atoms with Crippen molar-refractivity contribution in [1.82, 2.24) is 4.90 Å². The van der Waals surface area contributed by atoms with Gasteiger partial charge in [0.25, 0.3) is 0 Å². The van der Waals surface area contributed by atoms with Crippen LogP contribution in [0.5, 0.6) is 0 Å². The van der Waals surface area contributed by atoms with E-state index in [-0.39, 0.29) is 11.7 Å². The van der Waals surface area contributed by atoms with Crippen LogP contribution in [0.3, 0.4) is 0 Å². The van der Waals surface area contributed by atoms with Crippen molar-refractivity contribution in [3.8, 4) is 0 Å². The first kappa shape index (κ1) is 14.8. The van der Waals surface area contributed by atoms with E-state index >= 15 is 0 Å². The lowest BCUT2D eigenvalue weighted by Gasteiger charge is -2.38. The predicted octanol–water partition coefficient (Wildman–Crippen LogP) is 2.54. The number of nitrogens with two attached hydrogens (primary N) is 1. The Balaban J connectivity index is 2.14. The number of nitrogens with zero attached hydrogens (tertiary/aromatic N) is 2. The highest BCUT2D eigenvalue weighted by Gasteiger charge is 2.25. The normalized spacial score (nSPS) is 24.9. The number of oxime groups is 1. The van der Waals surface area contributed by atoms with E-state index in [9.17, 15) is 4.39 Å². The van der Waals surface area contributed by atoms with Crippen LogP contribution in [0.15, 0.2) is 23.4 Å². The number of hydrogen-bond acceptors (Lipinski definition) is 3. The highest BCUT2D eigenvalue weighted by atomic mass is 19.1. The molecule has 1 saturated heterocycles. The van der Waals surface area contributed by atoms with Gasteiger partial charge in [0, 0.05) is 23.7 Å². The van der Waals surface area contributed by atoms with E-state index < -0.39 is 0 Å². The Hall–Kier alpha value is -1.62. The van der Waals surface area contributed by atoms with Crippen LogP contribution in [0.4, 0.5) is 4.39 Å². The molecule has 20 heavy (non-hydrogen) atoms. The number of benzene rings is 1. The van der Waals surface area contributed by atoms with Crippen LogP contribution in [-0.4, -0.2) is 28.5 Å². The molecule has 0 saturated carbocycles. The maximum absolute atomic E-state index is 14.1. The van der Waals surface area contributed by atoms with Gasteiger partial charge in [0.1, 0.15) is 5.82 Å². The molecule has 1 aromatic carbocycles. The van der Waals surface area contributed by atoms with Crippen molar-refractivity contribution in [2.45, 2.75) is 39.3 Å². The second-order valence-corrected chi connectivity index (χ2v) is 5.62. The quantitative estimate of drug-likeness (QED) is 0.387. The van der Waals surface area contributed by atoms with Gasteiger partial charge in [0.05, 0.1) is 0 Å². The van der Waals surface area contributed by atoms with Gasteiger partial charge in [0.2, 0.25) is 0 Å². The van der Waals surface area contributed by atoms with E-state index in [1.54, 1.807) is 12.1 Å². The number of rotatable bonds is 3. The standard InChI is InChI=1S/C15H22FN3O/c1-10-4-3-7-19(11(10)2)9-13-6-5-12(8-14(13)16)15(17)18-20/h5-6,8,10-11,20H,3-4,7,9H2,1-2H3,(H2,17,18). The van der Waals surface area contributed by atoms with Crippen LogP contribution < -0.4 is 5.73 Å². The number of halogens is 1. The van der Waals surface area contributed by atoms with Crippen molar-refractivity contribution >= 4 is 5.84 Å². The minimum atomic E-state index is -0.306. The summed E-state index contributed by atoms with van der Waals surface area (Å²) < 4.78 is 14.1. The molecule has 1 aromatic rings. The van der Waals surface area contributed by atoms with Crippen molar-refractivity contribution in [2.75, 3.05) is 6.54 Å². The van der Waals surface area contributed by atoms with Crippen molar-refractivity contribution in [3.63, 3.8) is 0 Å². The minimum Gasteiger partial charge on any atom is -0.409 e. The highest BCUT2D eigenvalue weighted by molar-refractivity contribution is 5.97. The van der Waals surface area contributed by atoms with Crippen molar-refractivity contribution < 1.29 is 9.60 Å². The molecule has 1 heterocycles. The molecule has 0 aliphatic carbocycles. The Bertz CT molecular complexity index is 504. The highest BCUT2D eigenvalue weighted by Crippen LogP contribution is 2.25. The Kier molecular flexibility index (Phi) is 4.60. The molecule has 0 amide bonds. The molecule has 4 nitrogen and oxygen atoms in total. The smallest absolute Gasteiger partial charge is 0.170 e. The fraction of sp³-hybridized carbons (Fsp3) is 0.533. The van der Waals surface area contributed by atoms with E-state index in [0.29, 0.717) is 29.6 Å². The molecule has 0 aromatic heterocycles. The largest absolute Gasteiger partial charge is 0.409 e. The third-order valence-electron chi connectivity index (χ3n) is 4.33. The van der Waals surface area contributed by atoms with E-state index in [1.807, 2.05) is 0 Å². The van der Waals surface area contributed by atoms with Crippen LogP contribution in [-0.2, 0) is 6.54 Å². The molecule has 1 fully saturated rings. The molecule has 1 aliphatic rings. The average molecular weight is 279 g/mol. The Morgan fingerprint density at radius 2 is 2.25 bits per heavy atom. The van der Waals surface area contributed by atoms with Gasteiger partial charge in [-0.2, -0.15) is 0 Å². The number of piperidine rings is 1. The SMILES string of the molecule is CC1CCCN(Cc2ccc(C(N)=NO)cc2F)C1C. The van der Waals surface area contributed by atoms with Gasteiger partial charge in [-0.1, -0.05) is 24.2 Å². The third-order valence-corrected chi connectivity index (χ3v) is 4.33. The van der Waals surface area contributed by atoms with Crippen molar-refractivity contribution in [1.29, 1.82) is 0 Å². The zero-order chi connectivity index (χ0) is 14.7. The van der Waals surface area contributed by atoms with Crippen molar-refractivity contribution in [2.24, 2.45) is 16.8 Å². The first-order valence-electron chi connectivity index (χ1n) is 7.03. The van der Waals surface area contributed by atoms with Crippen molar-refractivity contribution in [3.05, 3.63) is 35.1 Å². The van der Waals surface area contributed by atoms with Crippen LogP contribution in [0.25, 0.3) is 0 Å². The summed E-state index contributed by atoms with van der Waals surface area (Å²) in [4.78, 5) is 2.32. The summed E-state index contributed by atoms with van der Waals surface area (Å²) in [6.07, 6.45) is 2.40. The van der Waals surface area contributed by atoms with E-state index in [0.717, 1.165) is 13.0 Å². The molecule has 2 rings (SSSR count). The number of likely N-dealkylation sites (tertiary alicyclic amines) is 1. The second-order valence-electron chi connectivity index (χ2n) is 5.62. The summed E-state index contributed by atoms with van der Waals surface area (Å²) in [6, 6.07) is 5.19. The molecule has 2 atom stereocenters. The lowest BCUT2D eigenvalue weighted by molar-refractivity contribution is 0.105. The first-order valence-corrected chi connectivity index (χ1v) is 7.03. The summed E-state index contributed by atoms with van der Waals surface area (Å²) in [5.41, 5.74) is 6.51. The first-order chi connectivity index (χ1) is 9.52. The van der Waals surface area contributed by atoms with E-state index in [2.05, 4.69) is 23.9 Å². The van der Waals surface area contributed by atoms with Gasteiger partial charge in [-0.25, -0.2) is 4.39 Å². The molecule has 0 radical (unpaired) electrons. The van der Waals surface area contributed by atoms with Gasteiger partial charge in [-0.3, -0.25) is 4.90 Å². The van der Waals surface area contributed by atoms with Gasteiger partial charge in [0.15, 0.2) is 5.84 Å². The third kappa shape index (κ3) is 3.10. The number of amidine groups is 1. The lowest BCUT2D eigenvalue weighted by Crippen LogP contribution is -2.41. The molecule has 0 bridgehead atoms. The fourth-order valence-electron chi connectivity index (χ4n) is 2.76. The molecule has 0 spiro atoms. The van der Waals surface area contributed by atoms with Gasteiger partial charge in [-0.05, 0) is 38.3 Å². The Labute approximate surface area is 119 Å². The second kappa shape index (κ2) is 6.22. The lowest BCUT2D eigenvalue weighted by atomic mass is 9.91. The molecular weight excluding hydrogens is 257 g/mol. The molecule has 1 aliphatic heterocycles. The zero-order valence-corrected chi connectivity index (χ0v) is 12.0. The Morgan fingerprint density at radius 1 is 1.50 bits per heavy atom. The predicted molar refractivity (Wildman–Crippen MR) is 77.2 cm³/mol. The molecule has 5 heteroatoms. The van der Waals surface area contributed by atoms with E-state index in [4.69, 9.17) is 10.9 Å². The van der Waals surface area contributed by atoms with Crippen LogP contribution in [0, 0.1) is 11.7 Å². The number of hydrogen-bond donors (Lipinski definition) is 2. The van der Waals surface area contributed by atoms with Crippen LogP contribution in [0.2, 0.25) is 0 Å². The summed E-state index contributed by atoms with van der Waals surface area (Å²) in [7, 11) is 0. The summed E-state index contributed by atoms with van der Waals surface area (Å²) in [5.74, 6) is 0.262. The average Bonchev–Trinajstić information content (AvgIpc) is 2.45.